The van der Waals surface area contributed by atoms with Crippen molar-refractivity contribution >= 4 is 11.6 Å². The molecule has 1 unspecified atom stereocenters. The number of aryl methyl sites for hydroxylation is 1. The third-order valence-corrected chi connectivity index (χ3v) is 3.38. The van der Waals surface area contributed by atoms with E-state index in [1.165, 1.54) is 6.07 Å². The molecular weight excluding hydrogens is 249 g/mol. The van der Waals surface area contributed by atoms with E-state index in [0.29, 0.717) is 17.0 Å². The van der Waals surface area contributed by atoms with Gasteiger partial charge in [0.25, 0.3) is 0 Å². The smallest absolute Gasteiger partial charge is 0.129 e. The van der Waals surface area contributed by atoms with Gasteiger partial charge in [0, 0.05) is 16.6 Å². The Hall–Kier alpha value is -1.38. The molecule has 0 aliphatic rings. The van der Waals surface area contributed by atoms with Crippen LogP contribution in [0, 0.1) is 12.7 Å². The molecule has 0 fully saturated rings. The molecule has 0 radical (unpaired) electrons. The summed E-state index contributed by atoms with van der Waals surface area (Å²) in [5.41, 5.74) is 8.52. The molecule has 0 bridgehead atoms. The molecule has 94 valence electrons. The summed E-state index contributed by atoms with van der Waals surface area (Å²) in [6.45, 7) is 1.85. The fraction of sp³-hybridized carbons (Fsp3) is 0.200. The molecule has 0 spiro atoms. The maximum Gasteiger partial charge on any atom is 0.129 e. The first kappa shape index (κ1) is 13.1. The van der Waals surface area contributed by atoms with Crippen molar-refractivity contribution in [3.63, 3.8) is 0 Å². The maximum absolute atomic E-state index is 13.8. The Kier molecular flexibility index (Phi) is 4.00. The highest BCUT2D eigenvalue weighted by molar-refractivity contribution is 6.31. The standard InChI is InChI=1S/C15H15ClFN/c1-10-7-12(14(17)9-13(10)16)15(18)8-11-5-3-2-4-6-11/h2-7,9,15H,8,18H2,1H3. The molecule has 0 saturated carbocycles. The lowest BCUT2D eigenvalue weighted by Gasteiger charge is -2.14. The lowest BCUT2D eigenvalue weighted by atomic mass is 9.98. The minimum absolute atomic E-state index is 0.339. The lowest BCUT2D eigenvalue weighted by molar-refractivity contribution is 0.580. The van der Waals surface area contributed by atoms with Crippen LogP contribution in [-0.4, -0.2) is 0 Å². The van der Waals surface area contributed by atoms with Crippen molar-refractivity contribution in [1.29, 1.82) is 0 Å². The monoisotopic (exact) mass is 263 g/mol. The van der Waals surface area contributed by atoms with Gasteiger partial charge in [-0.2, -0.15) is 0 Å². The van der Waals surface area contributed by atoms with Crippen molar-refractivity contribution in [3.05, 3.63) is 70.0 Å². The first-order valence-corrected chi connectivity index (χ1v) is 6.21. The number of hydrogen-bond acceptors (Lipinski definition) is 1. The first-order chi connectivity index (χ1) is 8.58. The summed E-state index contributed by atoms with van der Waals surface area (Å²) in [4.78, 5) is 0. The van der Waals surface area contributed by atoms with Gasteiger partial charge in [-0.25, -0.2) is 4.39 Å². The van der Waals surface area contributed by atoms with E-state index in [0.717, 1.165) is 11.1 Å². The quantitative estimate of drug-likeness (QED) is 0.889. The normalized spacial score (nSPS) is 12.4. The second kappa shape index (κ2) is 5.51. The molecule has 0 aliphatic heterocycles. The van der Waals surface area contributed by atoms with Crippen LogP contribution in [0.1, 0.15) is 22.7 Å². The van der Waals surface area contributed by atoms with E-state index in [1.807, 2.05) is 37.3 Å². The van der Waals surface area contributed by atoms with Gasteiger partial charge in [-0.05, 0) is 30.5 Å². The van der Waals surface area contributed by atoms with Crippen LogP contribution >= 0.6 is 11.6 Å². The van der Waals surface area contributed by atoms with Crippen LogP contribution in [0.3, 0.4) is 0 Å². The molecule has 0 saturated heterocycles. The Bertz CT molecular complexity index is 540. The second-order valence-electron chi connectivity index (χ2n) is 4.42. The van der Waals surface area contributed by atoms with Crippen LogP contribution < -0.4 is 5.73 Å². The fourth-order valence-electron chi connectivity index (χ4n) is 1.94. The average molecular weight is 264 g/mol. The molecule has 0 aromatic heterocycles. The van der Waals surface area contributed by atoms with Gasteiger partial charge in [-0.3, -0.25) is 0 Å². The Labute approximate surface area is 111 Å². The summed E-state index contributed by atoms with van der Waals surface area (Å²) < 4.78 is 13.8. The SMILES string of the molecule is Cc1cc(C(N)Cc2ccccc2)c(F)cc1Cl. The molecule has 18 heavy (non-hydrogen) atoms. The van der Waals surface area contributed by atoms with Crippen molar-refractivity contribution in [2.24, 2.45) is 5.73 Å². The van der Waals surface area contributed by atoms with Crippen LogP contribution in [0.15, 0.2) is 42.5 Å². The van der Waals surface area contributed by atoms with Gasteiger partial charge in [-0.1, -0.05) is 48.0 Å². The van der Waals surface area contributed by atoms with E-state index >= 15 is 0 Å². The fourth-order valence-corrected chi connectivity index (χ4v) is 2.09. The van der Waals surface area contributed by atoms with E-state index in [-0.39, 0.29) is 11.9 Å². The van der Waals surface area contributed by atoms with E-state index < -0.39 is 0 Å². The van der Waals surface area contributed by atoms with Gasteiger partial charge in [0.05, 0.1) is 0 Å². The number of nitrogens with two attached hydrogens (primary N) is 1. The average Bonchev–Trinajstić information content (AvgIpc) is 2.35. The van der Waals surface area contributed by atoms with Crippen molar-refractivity contribution in [2.75, 3.05) is 0 Å². The molecule has 1 atom stereocenters. The molecular formula is C15H15ClFN. The van der Waals surface area contributed by atoms with Crippen LogP contribution in [0.25, 0.3) is 0 Å². The predicted molar refractivity (Wildman–Crippen MR) is 73.2 cm³/mol. The molecule has 2 rings (SSSR count). The van der Waals surface area contributed by atoms with Crippen molar-refractivity contribution in [1.82, 2.24) is 0 Å². The number of rotatable bonds is 3. The molecule has 0 amide bonds. The zero-order valence-corrected chi connectivity index (χ0v) is 10.9. The molecule has 0 aliphatic carbocycles. The highest BCUT2D eigenvalue weighted by Crippen LogP contribution is 2.25. The summed E-state index contributed by atoms with van der Waals surface area (Å²) in [7, 11) is 0. The van der Waals surface area contributed by atoms with Gasteiger partial charge in [-0.15, -0.1) is 0 Å². The zero-order chi connectivity index (χ0) is 13.1. The molecule has 2 N–H and O–H groups in total. The van der Waals surface area contributed by atoms with Gasteiger partial charge in [0.15, 0.2) is 0 Å². The van der Waals surface area contributed by atoms with Crippen molar-refractivity contribution < 1.29 is 4.39 Å². The number of hydrogen-bond donors (Lipinski definition) is 1. The van der Waals surface area contributed by atoms with E-state index in [1.54, 1.807) is 6.07 Å². The molecule has 1 nitrogen and oxygen atoms in total. The zero-order valence-electron chi connectivity index (χ0n) is 10.2. The van der Waals surface area contributed by atoms with E-state index in [9.17, 15) is 4.39 Å². The van der Waals surface area contributed by atoms with Crippen LogP contribution in [0.4, 0.5) is 4.39 Å². The molecule has 3 heteroatoms. The third kappa shape index (κ3) is 2.89. The summed E-state index contributed by atoms with van der Waals surface area (Å²) in [6, 6.07) is 12.5. The highest BCUT2D eigenvalue weighted by Gasteiger charge is 2.14. The van der Waals surface area contributed by atoms with Crippen LogP contribution in [0.2, 0.25) is 5.02 Å². The maximum atomic E-state index is 13.8. The Morgan fingerprint density at radius 2 is 1.89 bits per heavy atom. The predicted octanol–water partition coefficient (Wildman–Crippen LogP) is 4.03. The minimum atomic E-state index is -0.358. The summed E-state index contributed by atoms with van der Waals surface area (Å²) >= 11 is 5.87. The molecule has 2 aromatic carbocycles. The van der Waals surface area contributed by atoms with Crippen LogP contribution in [-0.2, 0) is 6.42 Å². The van der Waals surface area contributed by atoms with Crippen LogP contribution in [0.5, 0.6) is 0 Å². The number of benzene rings is 2. The molecule has 0 heterocycles. The van der Waals surface area contributed by atoms with Crippen molar-refractivity contribution in [2.45, 2.75) is 19.4 Å². The van der Waals surface area contributed by atoms with Gasteiger partial charge >= 0.3 is 0 Å². The summed E-state index contributed by atoms with van der Waals surface area (Å²) in [6.07, 6.45) is 0.610. The highest BCUT2D eigenvalue weighted by atomic mass is 35.5. The second-order valence-corrected chi connectivity index (χ2v) is 4.83. The van der Waals surface area contributed by atoms with Crippen molar-refractivity contribution in [3.8, 4) is 0 Å². The Balaban J connectivity index is 2.24. The first-order valence-electron chi connectivity index (χ1n) is 5.83. The third-order valence-electron chi connectivity index (χ3n) is 2.98. The Morgan fingerprint density at radius 1 is 1.22 bits per heavy atom. The molecule has 2 aromatic rings. The van der Waals surface area contributed by atoms with E-state index in [2.05, 4.69) is 0 Å². The number of halogens is 2. The van der Waals surface area contributed by atoms with Gasteiger partial charge < -0.3 is 5.73 Å². The summed E-state index contributed by atoms with van der Waals surface area (Å²) in [5.74, 6) is -0.339. The lowest BCUT2D eigenvalue weighted by Crippen LogP contribution is -2.15. The van der Waals surface area contributed by atoms with Gasteiger partial charge in [0.1, 0.15) is 5.82 Å². The minimum Gasteiger partial charge on any atom is -0.324 e. The Morgan fingerprint density at radius 3 is 2.56 bits per heavy atom. The van der Waals surface area contributed by atoms with E-state index in [4.69, 9.17) is 17.3 Å². The largest absolute Gasteiger partial charge is 0.324 e. The topological polar surface area (TPSA) is 26.0 Å². The van der Waals surface area contributed by atoms with Gasteiger partial charge in [0.2, 0.25) is 0 Å². The summed E-state index contributed by atoms with van der Waals surface area (Å²) in [5, 5.41) is 0.433.